The van der Waals surface area contributed by atoms with Crippen molar-refractivity contribution in [3.05, 3.63) is 28.6 Å². The minimum absolute atomic E-state index is 0.612. The third kappa shape index (κ3) is 2.15. The highest BCUT2D eigenvalue weighted by Gasteiger charge is 2.06. The predicted molar refractivity (Wildman–Crippen MR) is 57.0 cm³/mol. The molecule has 0 bridgehead atoms. The van der Waals surface area contributed by atoms with Gasteiger partial charge in [-0.3, -0.25) is 9.67 Å². The topological polar surface area (TPSA) is 59.6 Å². The van der Waals surface area contributed by atoms with E-state index in [1.165, 1.54) is 0 Å². The van der Waals surface area contributed by atoms with Crippen LogP contribution in [-0.2, 0) is 13.0 Å². The Morgan fingerprint density at radius 1 is 1.60 bits per heavy atom. The van der Waals surface area contributed by atoms with Crippen LogP contribution in [0.1, 0.15) is 24.9 Å². The van der Waals surface area contributed by atoms with Gasteiger partial charge in [-0.25, -0.2) is 0 Å². The summed E-state index contributed by atoms with van der Waals surface area (Å²) in [6.45, 7) is 2.72. The molecule has 1 N–H and O–H groups in total. The molecule has 0 aliphatic rings. The number of nitrogens with one attached hydrogen (secondary N) is 1. The van der Waals surface area contributed by atoms with Gasteiger partial charge in [-0.1, -0.05) is 12.1 Å². The molecule has 0 saturated heterocycles. The molecule has 0 amide bonds. The van der Waals surface area contributed by atoms with Gasteiger partial charge in [0.1, 0.15) is 17.8 Å². The monoisotopic (exact) mass is 224 g/mol. The molecule has 80 valence electrons. The molecule has 2 heterocycles. The van der Waals surface area contributed by atoms with Gasteiger partial charge in [0.25, 0.3) is 0 Å². The van der Waals surface area contributed by atoms with E-state index < -0.39 is 0 Å². The average Bonchev–Trinajstić information content (AvgIpc) is 2.83. The van der Waals surface area contributed by atoms with E-state index in [4.69, 9.17) is 16.7 Å². The van der Waals surface area contributed by atoms with Crippen molar-refractivity contribution in [1.82, 2.24) is 19.9 Å². The lowest BCUT2D eigenvalue weighted by molar-refractivity contribution is 0.409. The molecule has 0 saturated carbocycles. The quantitative estimate of drug-likeness (QED) is 0.806. The molecule has 15 heavy (non-hydrogen) atoms. The first kappa shape index (κ1) is 10.1. The molecule has 5 nitrogen and oxygen atoms in total. The lowest BCUT2D eigenvalue weighted by Gasteiger charge is -2.02. The maximum atomic E-state index is 5.15. The number of nitrogens with zero attached hydrogens (tertiary/aromatic N) is 3. The normalized spacial score (nSPS) is 10.7. The van der Waals surface area contributed by atoms with Crippen molar-refractivity contribution in [2.24, 2.45) is 0 Å². The molecule has 0 atom stereocenters. The third-order valence-electron chi connectivity index (χ3n) is 2.12. The summed E-state index contributed by atoms with van der Waals surface area (Å²) >= 11 is 5.15. The summed E-state index contributed by atoms with van der Waals surface area (Å²) in [5.41, 5.74) is 0.852. The minimum Gasteiger partial charge on any atom is -0.364 e. The number of H-pyrrole nitrogens is 1. The summed E-state index contributed by atoms with van der Waals surface area (Å²) in [6, 6.07) is 1.82. The van der Waals surface area contributed by atoms with Crippen molar-refractivity contribution < 1.29 is 4.52 Å². The number of aromatic amines is 1. The van der Waals surface area contributed by atoms with Gasteiger partial charge in [-0.2, -0.15) is 5.10 Å². The fraction of sp³-hybridized carbons (Fsp3) is 0.444. The molecule has 0 aromatic carbocycles. The first-order valence-corrected chi connectivity index (χ1v) is 5.25. The molecular formula is C9H12N4OS. The van der Waals surface area contributed by atoms with Crippen LogP contribution in [0.25, 0.3) is 0 Å². The highest BCUT2D eigenvalue weighted by Crippen LogP contribution is 2.05. The lowest BCUT2D eigenvalue weighted by Crippen LogP contribution is -2.05. The molecule has 2 aromatic rings. The number of aryl methyl sites for hydroxylation is 1. The van der Waals surface area contributed by atoms with Crippen LogP contribution in [-0.4, -0.2) is 19.9 Å². The van der Waals surface area contributed by atoms with E-state index in [2.05, 4.69) is 22.3 Å². The van der Waals surface area contributed by atoms with E-state index in [1.54, 1.807) is 6.26 Å². The van der Waals surface area contributed by atoms with Gasteiger partial charge in [0.2, 0.25) is 0 Å². The van der Waals surface area contributed by atoms with Gasteiger partial charge >= 0.3 is 0 Å². The minimum atomic E-state index is 0.612. The molecule has 0 unspecified atom stereocenters. The van der Waals surface area contributed by atoms with Crippen LogP contribution < -0.4 is 0 Å². The van der Waals surface area contributed by atoms with E-state index in [0.717, 1.165) is 24.4 Å². The first-order chi connectivity index (χ1) is 7.31. The second-order valence-electron chi connectivity index (χ2n) is 3.27. The van der Waals surface area contributed by atoms with E-state index in [9.17, 15) is 0 Å². The average molecular weight is 224 g/mol. The van der Waals surface area contributed by atoms with Gasteiger partial charge in [-0.05, 0) is 18.6 Å². The Bertz CT molecular complexity index is 471. The van der Waals surface area contributed by atoms with Crippen LogP contribution >= 0.6 is 12.2 Å². The van der Waals surface area contributed by atoms with Crippen LogP contribution in [0.3, 0.4) is 0 Å². The smallest absolute Gasteiger partial charge is 0.195 e. The Morgan fingerprint density at radius 3 is 3.13 bits per heavy atom. The number of rotatable bonds is 4. The molecule has 0 aliphatic heterocycles. The first-order valence-electron chi connectivity index (χ1n) is 4.84. The Kier molecular flexibility index (Phi) is 2.96. The third-order valence-corrected chi connectivity index (χ3v) is 2.43. The molecule has 0 radical (unpaired) electrons. The molecule has 0 spiro atoms. The van der Waals surface area contributed by atoms with E-state index in [-0.39, 0.29) is 0 Å². The second kappa shape index (κ2) is 4.39. The molecule has 0 fully saturated rings. The maximum Gasteiger partial charge on any atom is 0.195 e. The summed E-state index contributed by atoms with van der Waals surface area (Å²) < 4.78 is 7.34. The zero-order chi connectivity index (χ0) is 10.7. The SMILES string of the molecule is CCCc1n[nH]c(=S)n1Cc1ccon1. The van der Waals surface area contributed by atoms with Crippen LogP contribution in [0.15, 0.2) is 16.9 Å². The summed E-state index contributed by atoms with van der Waals surface area (Å²) in [5, 5.41) is 10.8. The largest absolute Gasteiger partial charge is 0.364 e. The predicted octanol–water partition coefficient (Wildman–Crippen LogP) is 1.93. The molecular weight excluding hydrogens is 212 g/mol. The summed E-state index contributed by atoms with van der Waals surface area (Å²) in [4.78, 5) is 0. The van der Waals surface area contributed by atoms with E-state index in [0.29, 0.717) is 11.3 Å². The molecule has 2 aromatic heterocycles. The number of aromatic nitrogens is 4. The standard InChI is InChI=1S/C9H12N4OS/c1-2-3-8-10-11-9(15)13(8)6-7-4-5-14-12-7/h4-5H,2-3,6H2,1H3,(H,11,15). The van der Waals surface area contributed by atoms with E-state index in [1.807, 2.05) is 10.6 Å². The van der Waals surface area contributed by atoms with Gasteiger partial charge in [0.05, 0.1) is 6.54 Å². The zero-order valence-corrected chi connectivity index (χ0v) is 9.25. The number of hydrogen-bond acceptors (Lipinski definition) is 4. The van der Waals surface area contributed by atoms with Crippen LogP contribution in [0.2, 0.25) is 0 Å². The van der Waals surface area contributed by atoms with Gasteiger partial charge in [0.15, 0.2) is 4.77 Å². The Labute approximate surface area is 92.1 Å². The summed E-state index contributed by atoms with van der Waals surface area (Å²) in [7, 11) is 0. The molecule has 0 aliphatic carbocycles. The van der Waals surface area contributed by atoms with Gasteiger partial charge < -0.3 is 4.52 Å². The molecule has 2 rings (SSSR count). The highest BCUT2D eigenvalue weighted by molar-refractivity contribution is 7.71. The van der Waals surface area contributed by atoms with Gasteiger partial charge in [0, 0.05) is 12.5 Å². The van der Waals surface area contributed by atoms with Crippen LogP contribution in [0, 0.1) is 4.77 Å². The summed E-state index contributed by atoms with van der Waals surface area (Å²) in [6.07, 6.45) is 3.50. The Morgan fingerprint density at radius 2 is 2.47 bits per heavy atom. The van der Waals surface area contributed by atoms with Crippen molar-refractivity contribution >= 4 is 12.2 Å². The van der Waals surface area contributed by atoms with Crippen molar-refractivity contribution in [2.45, 2.75) is 26.3 Å². The van der Waals surface area contributed by atoms with Crippen molar-refractivity contribution in [3.8, 4) is 0 Å². The zero-order valence-electron chi connectivity index (χ0n) is 8.43. The number of hydrogen-bond donors (Lipinski definition) is 1. The van der Waals surface area contributed by atoms with E-state index >= 15 is 0 Å². The van der Waals surface area contributed by atoms with Crippen molar-refractivity contribution in [2.75, 3.05) is 0 Å². The van der Waals surface area contributed by atoms with Crippen molar-refractivity contribution in [1.29, 1.82) is 0 Å². The van der Waals surface area contributed by atoms with Gasteiger partial charge in [-0.15, -0.1) is 0 Å². The van der Waals surface area contributed by atoms with Crippen LogP contribution in [0.4, 0.5) is 0 Å². The Hall–Kier alpha value is -1.43. The fourth-order valence-electron chi connectivity index (χ4n) is 1.41. The fourth-order valence-corrected chi connectivity index (χ4v) is 1.62. The molecule has 6 heteroatoms. The maximum absolute atomic E-state index is 5.15. The van der Waals surface area contributed by atoms with Crippen molar-refractivity contribution in [3.63, 3.8) is 0 Å². The highest BCUT2D eigenvalue weighted by atomic mass is 32.1. The lowest BCUT2D eigenvalue weighted by atomic mass is 10.3. The second-order valence-corrected chi connectivity index (χ2v) is 3.66. The van der Waals surface area contributed by atoms with Crippen LogP contribution in [0.5, 0.6) is 0 Å². The summed E-state index contributed by atoms with van der Waals surface area (Å²) in [5.74, 6) is 0.963. The Balaban J connectivity index is 2.26.